The van der Waals surface area contributed by atoms with Gasteiger partial charge in [0.15, 0.2) is 0 Å². The summed E-state index contributed by atoms with van der Waals surface area (Å²) < 4.78 is 25.8. The molecule has 3 N–H and O–H groups in total. The molecule has 1 spiro atoms. The van der Waals surface area contributed by atoms with Crippen LogP contribution in [-0.2, 0) is 71.6 Å². The van der Waals surface area contributed by atoms with Crippen LogP contribution in [0.2, 0.25) is 0 Å². The van der Waals surface area contributed by atoms with Crippen molar-refractivity contribution in [3.05, 3.63) is 0 Å². The van der Waals surface area contributed by atoms with Crippen LogP contribution in [0.5, 0.6) is 0 Å². The van der Waals surface area contributed by atoms with Gasteiger partial charge in [0.2, 0.25) is 59.1 Å². The average molecular weight is 1940 g/mol. The van der Waals surface area contributed by atoms with Crippen molar-refractivity contribution in [2.75, 3.05) is 229 Å². The third-order valence-electron chi connectivity index (χ3n) is 22.6. The van der Waals surface area contributed by atoms with Crippen LogP contribution in [0, 0.1) is 77.3 Å². The number of aliphatic hydroxyl groups is 3. The largest absolute Gasteiger partial charge is 0.392 e. The number of amides is 10. The number of ether oxygens (including phenoxy) is 5. The summed E-state index contributed by atoms with van der Waals surface area (Å²) in [6.45, 7) is 91.6. The van der Waals surface area contributed by atoms with E-state index >= 15 is 0 Å². The van der Waals surface area contributed by atoms with Gasteiger partial charge in [-0.15, -0.1) is 0 Å². The molecular formula is C106H212N12O18. The van der Waals surface area contributed by atoms with Crippen molar-refractivity contribution in [3.8, 4) is 0 Å². The SMILES string of the molecule is CC(=O)N(C)CC1CCOC1.CC(C)(C)C(=O)N1CC2(COC2)C1.CC(C)(C)N1CC(N2CCCC2)C1.CC(O)CN(C)C(=O)C(C)(C)C.CN(C)C(=O)C(C)(C)C.CN(CC(C)(C)C)C(=O)C(C)(C)C.CN(C[C@@H]1CCOC1)C(=O)C(C)(C)C.CN(C[C@H]1CCOC1)C(=O)C(C)(C)C.COCCCN(C)C(=O)C(C)(C)C.C[C@@H](O)CN(C)C(=O)C(C)(C)C.C[C@H](O)CN(C)C(=O)C(C)(C)C. The topological polar surface area (TPSA) is 316 Å². The Morgan fingerprint density at radius 2 is 0.662 bits per heavy atom. The lowest BCUT2D eigenvalue weighted by molar-refractivity contribution is -0.199. The lowest BCUT2D eigenvalue weighted by Crippen LogP contribution is -2.68. The summed E-state index contributed by atoms with van der Waals surface area (Å²) in [5.41, 5.74) is -1.70. The second kappa shape index (κ2) is 60.7. The summed E-state index contributed by atoms with van der Waals surface area (Å²) in [4.78, 5) is 138. The number of carbonyl (C=O) groups is 10. The molecule has 7 aliphatic rings. The van der Waals surface area contributed by atoms with Crippen LogP contribution in [0.3, 0.4) is 0 Å². The Morgan fingerprint density at radius 1 is 0.382 bits per heavy atom. The van der Waals surface area contributed by atoms with Gasteiger partial charge in [-0.3, -0.25) is 57.7 Å². The molecule has 7 saturated heterocycles. The van der Waals surface area contributed by atoms with Crippen molar-refractivity contribution in [2.45, 2.75) is 325 Å². The normalized spacial score (nSPS) is 18.4. The first-order valence-electron chi connectivity index (χ1n) is 49.9. The van der Waals surface area contributed by atoms with Gasteiger partial charge < -0.3 is 88.0 Å². The van der Waals surface area contributed by atoms with Crippen LogP contribution in [0.4, 0.5) is 0 Å². The van der Waals surface area contributed by atoms with E-state index in [0.29, 0.717) is 54.9 Å². The Bertz CT molecular complexity index is 3280. The third kappa shape index (κ3) is 59.9. The molecule has 7 heterocycles. The molecule has 0 aromatic carbocycles. The van der Waals surface area contributed by atoms with Gasteiger partial charge in [0.05, 0.1) is 56.8 Å². The molecule has 0 bridgehead atoms. The number of rotatable bonds is 18. The lowest BCUT2D eigenvalue weighted by atomic mass is 9.76. The molecule has 2 unspecified atom stereocenters. The molecule has 6 atom stereocenters. The van der Waals surface area contributed by atoms with Gasteiger partial charge in [0.1, 0.15) is 0 Å². The van der Waals surface area contributed by atoms with Crippen LogP contribution in [0.15, 0.2) is 0 Å². The molecule has 7 rings (SSSR count). The standard InChI is InChI=1S/C11H22N2.2C11H21NO2.C11H23NO.C10H17NO2.C10H21NO2.3C9H19NO2.C8H15NO2.C7H15NO/c1-11(2,3)13-8-10(9-13)12-6-4-5-7-12;2*1-11(2,3)10(13)12(4)7-9-5-6-14-8-9;1-10(2,3)8-12(7)9(13)11(4,5)6;1-9(2,3)8(12)11-4-10(5-11)6-13-7-10;1-10(2,3)9(12)11(4)7-6-8-13-5;3*1-7(11)6-10(5)8(12)9(2,3)4;1-7(10)9(2)5-8-3-4-11-6-8;1-7(2,3)6(9)8(4)5/h10H,4-9H2,1-3H3;2*9H,5-8H2,1-4H3;8H2,1-7H3;4-7H2,1-3H3;6-8H2,1-5H3;3*7,11H,6H2,1-5H3;8H,3-6H2,1-2H3;1-5H3/t;2*9-;;;;2*7-;;;/m.10...10.../s1. The molecule has 7 fully saturated rings. The third-order valence-corrected chi connectivity index (χ3v) is 22.6. The minimum absolute atomic E-state index is 0.0587. The predicted molar refractivity (Wildman–Crippen MR) is 554 cm³/mol. The average Bonchev–Trinajstić information content (AvgIpc) is 1.41. The zero-order chi connectivity index (χ0) is 108. The van der Waals surface area contributed by atoms with E-state index in [-0.39, 0.29) is 113 Å². The summed E-state index contributed by atoms with van der Waals surface area (Å²) >= 11 is 0. The second-order valence-electron chi connectivity index (χ2n) is 50.9. The molecule has 0 aromatic heterocycles. The minimum Gasteiger partial charge on any atom is -0.392 e. The molecule has 804 valence electrons. The van der Waals surface area contributed by atoms with Gasteiger partial charge >= 0.3 is 0 Å². The molecular weight excluding hydrogens is 1730 g/mol. The van der Waals surface area contributed by atoms with E-state index in [4.69, 9.17) is 39.0 Å². The molecule has 0 aromatic rings. The number of carbonyl (C=O) groups excluding carboxylic acids is 10. The number of likely N-dealkylation sites (tertiary alicyclic amines) is 3. The van der Waals surface area contributed by atoms with E-state index in [1.54, 1.807) is 99.4 Å². The lowest BCUT2D eigenvalue weighted by Gasteiger charge is -2.56. The summed E-state index contributed by atoms with van der Waals surface area (Å²) in [6, 6.07) is 0.877. The Labute approximate surface area is 831 Å². The first kappa shape index (κ1) is 137. The van der Waals surface area contributed by atoms with Crippen molar-refractivity contribution in [2.24, 2.45) is 77.3 Å². The highest BCUT2D eigenvalue weighted by Gasteiger charge is 2.52. The Kier molecular flexibility index (Phi) is 60.9. The Morgan fingerprint density at radius 3 is 0.875 bits per heavy atom. The summed E-state index contributed by atoms with van der Waals surface area (Å²) in [5, 5.41) is 27.1. The van der Waals surface area contributed by atoms with Crippen molar-refractivity contribution in [3.63, 3.8) is 0 Å². The van der Waals surface area contributed by atoms with Crippen molar-refractivity contribution >= 4 is 59.1 Å². The molecule has 30 heteroatoms. The number of likely N-dealkylation sites (N-methyl/N-ethyl adjacent to an activating group) is 3. The molecule has 136 heavy (non-hydrogen) atoms. The molecule has 0 saturated carbocycles. The predicted octanol–water partition coefficient (Wildman–Crippen LogP) is 13.8. The van der Waals surface area contributed by atoms with Gasteiger partial charge in [0.25, 0.3) is 0 Å². The molecule has 0 radical (unpaired) electrons. The first-order valence-corrected chi connectivity index (χ1v) is 49.9. The smallest absolute Gasteiger partial charge is 0.227 e. The zero-order valence-electron chi connectivity index (χ0n) is 96.4. The van der Waals surface area contributed by atoms with Crippen LogP contribution in [0.25, 0.3) is 0 Å². The van der Waals surface area contributed by atoms with Crippen molar-refractivity contribution in [1.29, 1.82) is 0 Å². The maximum Gasteiger partial charge on any atom is 0.227 e. The fourth-order valence-electron chi connectivity index (χ4n) is 15.4. The molecule has 0 aliphatic carbocycles. The van der Waals surface area contributed by atoms with Gasteiger partial charge in [-0.2, -0.15) is 0 Å². The highest BCUT2D eigenvalue weighted by atomic mass is 16.5. The first-order chi connectivity index (χ1) is 61.0. The summed E-state index contributed by atoms with van der Waals surface area (Å²) in [6.07, 6.45) is 5.64. The molecule has 30 nitrogen and oxygen atoms in total. The maximum absolute atomic E-state index is 11.8. The Hall–Kier alpha value is -5.70. The number of aliphatic hydroxyl groups excluding tert-OH is 3. The minimum atomic E-state index is -0.457. The van der Waals surface area contributed by atoms with E-state index in [0.717, 1.165) is 130 Å². The van der Waals surface area contributed by atoms with Crippen LogP contribution < -0.4 is 0 Å². The van der Waals surface area contributed by atoms with E-state index < -0.39 is 18.3 Å². The van der Waals surface area contributed by atoms with E-state index in [1.807, 2.05) is 242 Å². The van der Waals surface area contributed by atoms with Gasteiger partial charge in [-0.05, 0) is 98.6 Å². The Balaban J connectivity index is -0.000000706. The van der Waals surface area contributed by atoms with Gasteiger partial charge in [-0.25, -0.2) is 0 Å². The number of methoxy groups -OCH3 is 1. The van der Waals surface area contributed by atoms with E-state index in [2.05, 4.69) is 51.3 Å². The fraction of sp³-hybridized carbons (Fsp3) is 0.906. The van der Waals surface area contributed by atoms with Crippen molar-refractivity contribution < 1.29 is 86.9 Å². The number of nitrogens with zero attached hydrogens (tertiary/aromatic N) is 12. The zero-order valence-corrected chi connectivity index (χ0v) is 96.4. The van der Waals surface area contributed by atoms with Gasteiger partial charge in [-0.1, -0.05) is 208 Å². The van der Waals surface area contributed by atoms with E-state index in [9.17, 15) is 47.9 Å². The van der Waals surface area contributed by atoms with Crippen LogP contribution in [0.1, 0.15) is 295 Å². The molecule has 7 aliphatic heterocycles. The summed E-state index contributed by atoms with van der Waals surface area (Å²) in [7, 11) is 19.6. The van der Waals surface area contributed by atoms with Crippen LogP contribution >= 0.6 is 0 Å². The number of hydrogen-bond acceptors (Lipinski definition) is 20. The highest BCUT2D eigenvalue weighted by molar-refractivity contribution is 5.85. The van der Waals surface area contributed by atoms with Crippen LogP contribution in [-0.4, -0.2) is 392 Å². The second-order valence-corrected chi connectivity index (χ2v) is 50.9. The molecule has 10 amide bonds. The highest BCUT2D eigenvalue weighted by Crippen LogP contribution is 2.40. The van der Waals surface area contributed by atoms with Crippen molar-refractivity contribution in [1.82, 2.24) is 58.8 Å². The maximum atomic E-state index is 11.8. The quantitative estimate of drug-likeness (QED) is 0.107. The van der Waals surface area contributed by atoms with E-state index in [1.165, 1.54) is 39.0 Å². The summed E-state index contributed by atoms with van der Waals surface area (Å²) in [5.74, 6) is 3.20. The van der Waals surface area contributed by atoms with Gasteiger partial charge in [0, 0.05) is 268 Å². The fourth-order valence-corrected chi connectivity index (χ4v) is 15.4. The number of hydrogen-bond donors (Lipinski definition) is 3. The monoisotopic (exact) mass is 1940 g/mol.